The summed E-state index contributed by atoms with van der Waals surface area (Å²) in [7, 11) is -5.45. The van der Waals surface area contributed by atoms with Gasteiger partial charge in [-0.15, -0.1) is 0 Å². The molecule has 0 aromatic carbocycles. The van der Waals surface area contributed by atoms with Gasteiger partial charge in [-0.1, -0.05) is 0 Å². The highest BCUT2D eigenvalue weighted by Crippen LogP contribution is 2.38. The summed E-state index contributed by atoms with van der Waals surface area (Å²) < 4.78 is 103. The highest BCUT2D eigenvalue weighted by molar-refractivity contribution is 7.91. The fourth-order valence-corrected chi connectivity index (χ4v) is 1.60. The average Bonchev–Trinajstić information content (AvgIpc) is 1.95. The van der Waals surface area contributed by atoms with Crippen LogP contribution in [0.5, 0.6) is 0 Å². The van der Waals surface area contributed by atoms with Gasteiger partial charge in [0.1, 0.15) is 0 Å². The van der Waals surface area contributed by atoms with Gasteiger partial charge in [0.15, 0.2) is 0 Å². The van der Waals surface area contributed by atoms with Gasteiger partial charge in [0.05, 0.1) is 0 Å². The van der Waals surface area contributed by atoms with Gasteiger partial charge in [-0.2, -0.15) is 26.2 Å². The maximum absolute atomic E-state index is 12.8. The number of rotatable bonds is 4. The molecule has 5 nitrogen and oxygen atoms in total. The molecule has 1 N–H and O–H groups in total. The lowest BCUT2D eigenvalue weighted by molar-refractivity contribution is -0.236. The van der Waals surface area contributed by atoms with Gasteiger partial charge in [-0.05, 0) is 0 Å². The predicted octanol–water partition coefficient (Wildman–Crippen LogP) is 0.708. The van der Waals surface area contributed by atoms with Crippen molar-refractivity contribution in [1.82, 2.24) is 0 Å². The van der Waals surface area contributed by atoms with Crippen LogP contribution < -0.4 is 0 Å². The van der Waals surface area contributed by atoms with Crippen LogP contribution in [0.25, 0.3) is 0 Å². The van der Waals surface area contributed by atoms with Gasteiger partial charge < -0.3 is 0 Å². The highest BCUT2D eigenvalue weighted by atomic mass is 32.2. The molecule has 0 radical (unpaired) electrons. The average molecular weight is 292 g/mol. The van der Waals surface area contributed by atoms with Crippen LogP contribution in [0.3, 0.4) is 0 Å². The first-order valence-electron chi connectivity index (χ1n) is 3.22. The van der Waals surface area contributed by atoms with Crippen molar-refractivity contribution in [3.8, 4) is 0 Å². The molecule has 0 saturated heterocycles. The molecule has 0 aromatic heterocycles. The number of alkyl halides is 5. The zero-order valence-corrected chi connectivity index (χ0v) is 9.00. The molecule has 16 heavy (non-hydrogen) atoms. The largest absolute Gasteiger partial charge is 0.423 e. The molecule has 0 saturated carbocycles. The predicted molar refractivity (Wildman–Crippen MR) is 41.5 cm³/mol. The van der Waals surface area contributed by atoms with E-state index in [0.29, 0.717) is 0 Å². The quantitative estimate of drug-likeness (QED) is 0.609. The summed E-state index contributed by atoms with van der Waals surface area (Å²) in [4.78, 5) is 0. The number of hydrogen-bond donors (Lipinski definition) is 1. The van der Waals surface area contributed by atoms with E-state index in [1.807, 2.05) is 0 Å². The molecule has 0 aliphatic rings. The maximum atomic E-state index is 12.8. The minimum Gasteiger partial charge on any atom is -0.284 e. The first-order chi connectivity index (χ1) is 6.80. The molecule has 2 atom stereocenters. The van der Waals surface area contributed by atoms with E-state index in [-0.39, 0.29) is 6.26 Å². The molecule has 0 fully saturated rings. The molecule has 0 heterocycles. The van der Waals surface area contributed by atoms with Crippen LogP contribution in [-0.2, 0) is 25.4 Å². The van der Waals surface area contributed by atoms with Crippen molar-refractivity contribution in [1.29, 1.82) is 0 Å². The van der Waals surface area contributed by atoms with Gasteiger partial charge in [0.25, 0.3) is 0 Å². The van der Waals surface area contributed by atoms with Crippen LogP contribution in [0.15, 0.2) is 0 Å². The lowest BCUT2D eigenvalue weighted by atomic mass is 10.3. The van der Waals surface area contributed by atoms with Crippen molar-refractivity contribution in [3.05, 3.63) is 0 Å². The number of hydrogen-bond acceptors (Lipinski definition) is 4. The fraction of sp³-hybridized carbons (Fsp3) is 1.00. The molecule has 0 aliphatic heterocycles. The molecule has 2 unspecified atom stereocenters. The maximum Gasteiger partial charge on any atom is 0.423 e. The van der Waals surface area contributed by atoms with Crippen molar-refractivity contribution < 1.29 is 43.3 Å². The lowest BCUT2D eigenvalue weighted by Gasteiger charge is -2.25. The minimum absolute atomic E-state index is 0.157. The summed E-state index contributed by atoms with van der Waals surface area (Å²) in [6, 6.07) is 0. The van der Waals surface area contributed by atoms with Crippen LogP contribution in [0.4, 0.5) is 22.0 Å². The molecule has 0 aromatic rings. The lowest BCUT2D eigenvalue weighted by Crippen LogP contribution is -2.51. The SMILES string of the molecule is CS(=O)(=O)C(F)(F)C(OS(=O)O)C(F)(F)F. The fourth-order valence-electron chi connectivity index (χ4n) is 0.578. The molecule has 0 amide bonds. The number of sulfone groups is 1. The number of halogens is 5. The molecule has 0 rings (SSSR count). The molecule has 12 heteroatoms. The van der Waals surface area contributed by atoms with E-state index in [9.17, 15) is 34.6 Å². The van der Waals surface area contributed by atoms with E-state index in [0.717, 1.165) is 0 Å². The van der Waals surface area contributed by atoms with Gasteiger partial charge in [-0.25, -0.2) is 12.6 Å². The van der Waals surface area contributed by atoms with E-state index in [1.54, 1.807) is 0 Å². The van der Waals surface area contributed by atoms with Gasteiger partial charge in [0.2, 0.25) is 15.9 Å². The molecular weight excluding hydrogens is 287 g/mol. The topological polar surface area (TPSA) is 80.7 Å². The van der Waals surface area contributed by atoms with Crippen molar-refractivity contribution in [2.24, 2.45) is 0 Å². The van der Waals surface area contributed by atoms with E-state index < -0.39 is 38.7 Å². The first kappa shape index (κ1) is 15.7. The van der Waals surface area contributed by atoms with Crippen LogP contribution in [0, 0.1) is 0 Å². The Balaban J connectivity index is 5.45. The summed E-state index contributed by atoms with van der Waals surface area (Å²) in [6.45, 7) is 0. The van der Waals surface area contributed by atoms with Crippen molar-refractivity contribution >= 4 is 21.2 Å². The third-order valence-corrected chi connectivity index (χ3v) is 2.84. The van der Waals surface area contributed by atoms with E-state index in [2.05, 4.69) is 4.18 Å². The Hall–Kier alpha value is -0.330. The molecule has 0 spiro atoms. The Kier molecular flexibility index (Phi) is 4.41. The van der Waals surface area contributed by atoms with Gasteiger partial charge in [-0.3, -0.25) is 4.55 Å². The Morgan fingerprint density at radius 3 is 1.81 bits per heavy atom. The first-order valence-corrected chi connectivity index (χ1v) is 6.14. The minimum atomic E-state index is -5.81. The standard InChI is InChI=1S/C4H5F5O5S2/c1-16(12,13)4(8,9)2(3(5,6)7)14-15(10)11/h2H,1H3,(H,10,11). The summed E-state index contributed by atoms with van der Waals surface area (Å²) >= 11 is -3.69. The smallest absolute Gasteiger partial charge is 0.284 e. The Labute approximate surface area is 89.0 Å². The van der Waals surface area contributed by atoms with E-state index in [1.165, 1.54) is 0 Å². The summed E-state index contributed by atoms with van der Waals surface area (Å²) in [5.41, 5.74) is 0. The van der Waals surface area contributed by atoms with Gasteiger partial charge in [0, 0.05) is 6.26 Å². The molecule has 0 bridgehead atoms. The Morgan fingerprint density at radius 2 is 1.62 bits per heavy atom. The van der Waals surface area contributed by atoms with Crippen LogP contribution in [-0.4, -0.2) is 41.0 Å². The third-order valence-electron chi connectivity index (χ3n) is 1.28. The second kappa shape index (κ2) is 4.50. The van der Waals surface area contributed by atoms with Crippen LogP contribution in [0.2, 0.25) is 0 Å². The Morgan fingerprint density at radius 1 is 1.25 bits per heavy atom. The zero-order valence-electron chi connectivity index (χ0n) is 7.36. The van der Waals surface area contributed by atoms with E-state index >= 15 is 0 Å². The molecule has 98 valence electrons. The second-order valence-electron chi connectivity index (χ2n) is 2.57. The van der Waals surface area contributed by atoms with Gasteiger partial charge >= 0.3 is 22.8 Å². The summed E-state index contributed by atoms with van der Waals surface area (Å²) in [5.74, 6) is 0. The highest BCUT2D eigenvalue weighted by Gasteiger charge is 2.64. The normalized spacial score (nSPS) is 18.2. The van der Waals surface area contributed by atoms with Crippen molar-refractivity contribution in [3.63, 3.8) is 0 Å². The third kappa shape index (κ3) is 3.61. The van der Waals surface area contributed by atoms with Crippen LogP contribution in [0.1, 0.15) is 0 Å². The Bertz CT molecular complexity index is 373. The molecule has 0 aliphatic carbocycles. The van der Waals surface area contributed by atoms with Crippen LogP contribution >= 0.6 is 0 Å². The van der Waals surface area contributed by atoms with Crippen molar-refractivity contribution in [2.75, 3.05) is 6.26 Å². The second-order valence-corrected chi connectivity index (χ2v) is 5.28. The molecular formula is C4H5F5O5S2. The summed E-state index contributed by atoms with van der Waals surface area (Å²) in [6.07, 6.45) is -10.2. The summed E-state index contributed by atoms with van der Waals surface area (Å²) in [5, 5.41) is -5.36. The van der Waals surface area contributed by atoms with E-state index in [4.69, 9.17) is 4.55 Å². The monoisotopic (exact) mass is 292 g/mol. The van der Waals surface area contributed by atoms with Crippen molar-refractivity contribution in [2.45, 2.75) is 17.5 Å². The zero-order chi connectivity index (χ0) is 13.4.